The lowest BCUT2D eigenvalue weighted by atomic mass is 10.4. The molecule has 0 radical (unpaired) electrons. The maximum atomic E-state index is 12.3. The second-order valence-corrected chi connectivity index (χ2v) is 3.26. The van der Waals surface area contributed by atoms with Crippen molar-refractivity contribution >= 4 is 11.6 Å². The summed E-state index contributed by atoms with van der Waals surface area (Å²) in [5, 5.41) is 2.79. The van der Waals surface area contributed by atoms with Crippen LogP contribution in [-0.4, -0.2) is 31.3 Å². The molecule has 0 aromatic carbocycles. The quantitative estimate of drug-likeness (QED) is 0.866. The molecule has 1 rings (SSSR count). The van der Waals surface area contributed by atoms with Crippen molar-refractivity contribution in [2.45, 2.75) is 13.1 Å². The summed E-state index contributed by atoms with van der Waals surface area (Å²) < 4.78 is 36.8. The lowest BCUT2D eigenvalue weighted by Gasteiger charge is -2.23. The highest BCUT2D eigenvalue weighted by Crippen LogP contribution is 2.21. The van der Waals surface area contributed by atoms with Crippen LogP contribution in [0.1, 0.15) is 6.92 Å². The van der Waals surface area contributed by atoms with Crippen molar-refractivity contribution in [2.75, 3.05) is 30.4 Å². The van der Waals surface area contributed by atoms with Crippen LogP contribution in [0.3, 0.4) is 0 Å². The highest BCUT2D eigenvalue weighted by Gasteiger charge is 2.30. The first-order valence-electron chi connectivity index (χ1n) is 4.92. The molecule has 16 heavy (non-hydrogen) atoms. The van der Waals surface area contributed by atoms with Gasteiger partial charge in [0, 0.05) is 13.6 Å². The third-order valence-electron chi connectivity index (χ3n) is 2.07. The van der Waals surface area contributed by atoms with Gasteiger partial charge in [-0.15, -0.1) is 0 Å². The number of nitrogens with one attached hydrogen (secondary N) is 1. The molecule has 0 aliphatic rings. The van der Waals surface area contributed by atoms with Crippen LogP contribution in [0.15, 0.2) is 18.2 Å². The molecule has 0 bridgehead atoms. The number of alkyl halides is 3. The second kappa shape index (κ2) is 5.05. The lowest BCUT2D eigenvalue weighted by molar-refractivity contribution is -0.119. The predicted octanol–water partition coefficient (Wildman–Crippen LogP) is 2.51. The number of anilines is 2. The molecule has 0 spiro atoms. The molecule has 0 unspecified atom stereocenters. The molecule has 1 aromatic rings. The van der Waals surface area contributed by atoms with E-state index in [-0.39, 0.29) is 6.54 Å². The average Bonchev–Trinajstić information content (AvgIpc) is 2.25. The second-order valence-electron chi connectivity index (χ2n) is 3.26. The van der Waals surface area contributed by atoms with Crippen LogP contribution in [0.25, 0.3) is 0 Å². The van der Waals surface area contributed by atoms with Crippen molar-refractivity contribution in [3.8, 4) is 0 Å². The Morgan fingerprint density at radius 1 is 1.38 bits per heavy atom. The number of halogens is 3. The minimum Gasteiger partial charge on any atom is -0.373 e. The Balaban J connectivity index is 2.86. The maximum Gasteiger partial charge on any atom is 0.405 e. The van der Waals surface area contributed by atoms with Gasteiger partial charge in [0.15, 0.2) is 0 Å². The van der Waals surface area contributed by atoms with Gasteiger partial charge in [-0.2, -0.15) is 13.2 Å². The Hall–Kier alpha value is -1.46. The molecule has 1 aromatic heterocycles. The van der Waals surface area contributed by atoms with Gasteiger partial charge in [0.1, 0.15) is 18.2 Å². The molecule has 0 aliphatic carbocycles. The Labute approximate surface area is 92.3 Å². The summed E-state index contributed by atoms with van der Waals surface area (Å²) in [5.74, 6) is 0.879. The van der Waals surface area contributed by atoms with Crippen LogP contribution in [0.2, 0.25) is 0 Å². The first-order chi connectivity index (χ1) is 7.46. The van der Waals surface area contributed by atoms with Gasteiger partial charge < -0.3 is 10.2 Å². The van der Waals surface area contributed by atoms with E-state index in [2.05, 4.69) is 10.3 Å². The zero-order chi connectivity index (χ0) is 12.2. The molecular formula is C10H14F3N3. The van der Waals surface area contributed by atoms with E-state index in [1.165, 1.54) is 4.90 Å². The third kappa shape index (κ3) is 3.60. The smallest absolute Gasteiger partial charge is 0.373 e. The summed E-state index contributed by atoms with van der Waals surface area (Å²) in [4.78, 5) is 5.24. The topological polar surface area (TPSA) is 28.2 Å². The van der Waals surface area contributed by atoms with Crippen LogP contribution < -0.4 is 10.2 Å². The molecule has 90 valence electrons. The van der Waals surface area contributed by atoms with Gasteiger partial charge in [0.2, 0.25) is 0 Å². The van der Waals surface area contributed by atoms with Crippen molar-refractivity contribution in [3.63, 3.8) is 0 Å². The van der Waals surface area contributed by atoms with Gasteiger partial charge in [0.25, 0.3) is 0 Å². The highest BCUT2D eigenvalue weighted by molar-refractivity contribution is 5.46. The van der Waals surface area contributed by atoms with Crippen molar-refractivity contribution in [3.05, 3.63) is 18.2 Å². The van der Waals surface area contributed by atoms with E-state index in [0.717, 1.165) is 0 Å². The molecule has 0 amide bonds. The average molecular weight is 233 g/mol. The van der Waals surface area contributed by atoms with Crippen LogP contribution in [0, 0.1) is 0 Å². The van der Waals surface area contributed by atoms with Gasteiger partial charge in [-0.25, -0.2) is 4.98 Å². The Bertz CT molecular complexity index is 338. The van der Waals surface area contributed by atoms with E-state index in [4.69, 9.17) is 0 Å². The van der Waals surface area contributed by atoms with Gasteiger partial charge in [-0.1, -0.05) is 6.07 Å². The van der Waals surface area contributed by atoms with Gasteiger partial charge in [0.05, 0.1) is 0 Å². The summed E-state index contributed by atoms with van der Waals surface area (Å²) in [7, 11) is 1.67. The molecule has 1 N–H and O–H groups in total. The monoisotopic (exact) mass is 233 g/mol. The molecule has 0 aliphatic heterocycles. The van der Waals surface area contributed by atoms with E-state index in [1.54, 1.807) is 32.2 Å². The number of nitrogens with zero attached hydrogens (tertiary/aromatic N) is 2. The standard InChI is InChI=1S/C10H14F3N3/c1-3-16(7-10(11,12)13)9-6-4-5-8(14-2)15-9/h4-6H,3,7H2,1-2H3,(H,14,15). The Morgan fingerprint density at radius 2 is 2.06 bits per heavy atom. The van der Waals surface area contributed by atoms with Gasteiger partial charge >= 0.3 is 6.18 Å². The van der Waals surface area contributed by atoms with E-state index in [9.17, 15) is 13.2 Å². The van der Waals surface area contributed by atoms with Crippen molar-refractivity contribution in [1.29, 1.82) is 0 Å². The Morgan fingerprint density at radius 3 is 2.56 bits per heavy atom. The van der Waals surface area contributed by atoms with E-state index >= 15 is 0 Å². The fraction of sp³-hybridized carbons (Fsp3) is 0.500. The summed E-state index contributed by atoms with van der Waals surface area (Å²) in [5.41, 5.74) is 0. The molecule has 0 saturated heterocycles. The largest absolute Gasteiger partial charge is 0.405 e. The van der Waals surface area contributed by atoms with Crippen molar-refractivity contribution in [2.24, 2.45) is 0 Å². The number of hydrogen-bond donors (Lipinski definition) is 1. The van der Waals surface area contributed by atoms with Crippen molar-refractivity contribution < 1.29 is 13.2 Å². The van der Waals surface area contributed by atoms with Crippen molar-refractivity contribution in [1.82, 2.24) is 4.98 Å². The highest BCUT2D eigenvalue weighted by atomic mass is 19.4. The van der Waals surface area contributed by atoms with Crippen LogP contribution in [0.4, 0.5) is 24.8 Å². The first kappa shape index (κ1) is 12.6. The number of pyridine rings is 1. The maximum absolute atomic E-state index is 12.3. The minimum atomic E-state index is -4.21. The lowest BCUT2D eigenvalue weighted by Crippen LogP contribution is -2.34. The van der Waals surface area contributed by atoms with E-state index in [1.807, 2.05) is 0 Å². The van der Waals surface area contributed by atoms with E-state index in [0.29, 0.717) is 11.6 Å². The van der Waals surface area contributed by atoms with Crippen LogP contribution >= 0.6 is 0 Å². The SMILES string of the molecule is CCN(CC(F)(F)F)c1cccc(NC)n1. The summed E-state index contributed by atoms with van der Waals surface area (Å²) in [6.45, 7) is 0.947. The Kier molecular flexibility index (Phi) is 3.98. The molecule has 0 atom stereocenters. The molecular weight excluding hydrogens is 219 g/mol. The number of aromatic nitrogens is 1. The van der Waals surface area contributed by atoms with Crippen LogP contribution in [0.5, 0.6) is 0 Å². The zero-order valence-electron chi connectivity index (χ0n) is 9.17. The zero-order valence-corrected chi connectivity index (χ0v) is 9.17. The molecule has 3 nitrogen and oxygen atoms in total. The summed E-state index contributed by atoms with van der Waals surface area (Å²) in [6, 6.07) is 4.94. The summed E-state index contributed by atoms with van der Waals surface area (Å²) in [6.07, 6.45) is -4.21. The molecule has 0 saturated carbocycles. The fourth-order valence-electron chi connectivity index (χ4n) is 1.31. The predicted molar refractivity (Wildman–Crippen MR) is 57.7 cm³/mol. The van der Waals surface area contributed by atoms with Gasteiger partial charge in [-0.05, 0) is 19.1 Å². The summed E-state index contributed by atoms with van der Waals surface area (Å²) >= 11 is 0. The molecule has 1 heterocycles. The van der Waals surface area contributed by atoms with E-state index < -0.39 is 12.7 Å². The number of rotatable bonds is 4. The van der Waals surface area contributed by atoms with Gasteiger partial charge in [-0.3, -0.25) is 0 Å². The normalized spacial score (nSPS) is 11.3. The minimum absolute atomic E-state index is 0.264. The molecule has 6 heteroatoms. The number of hydrogen-bond acceptors (Lipinski definition) is 3. The molecule has 0 fully saturated rings. The first-order valence-corrected chi connectivity index (χ1v) is 4.92. The third-order valence-corrected chi connectivity index (χ3v) is 2.07. The van der Waals surface area contributed by atoms with Crippen LogP contribution in [-0.2, 0) is 0 Å². The fourth-order valence-corrected chi connectivity index (χ4v) is 1.31.